The Bertz CT molecular complexity index is 2240. The molecule has 0 fully saturated rings. The molecule has 0 saturated heterocycles. The predicted molar refractivity (Wildman–Crippen MR) is 399 cm³/mol. The molecule has 0 radical (unpaired) electrons. The molecule has 3 N–H and O–H groups in total. The summed E-state index contributed by atoms with van der Waals surface area (Å²) in [6.45, 7) is 4.67. The monoisotopic (exact) mass is 1420 g/mol. The topological polar surface area (TPSA) is 237 Å². The predicted octanol–water partition coefficient (Wildman–Crippen LogP) is 22.0. The average Bonchev–Trinajstić information content (AvgIpc) is 0.991. The summed E-state index contributed by atoms with van der Waals surface area (Å²) in [4.78, 5) is 72.8. The second-order valence-corrected chi connectivity index (χ2v) is 28.5. The van der Waals surface area contributed by atoms with Crippen LogP contribution in [-0.4, -0.2) is 96.7 Å². The highest BCUT2D eigenvalue weighted by Crippen LogP contribution is 2.45. The third kappa shape index (κ3) is 70.4. The van der Waals surface area contributed by atoms with Gasteiger partial charge in [-0.2, -0.15) is 0 Å². The Morgan fingerprint density at radius 1 is 0.286 bits per heavy atom. The van der Waals surface area contributed by atoms with Crippen molar-refractivity contribution in [2.45, 2.75) is 341 Å². The summed E-state index contributed by atoms with van der Waals surface area (Å²) in [7, 11) is -9.96. The molecule has 0 spiro atoms. The number of aliphatic hydroxyl groups is 1. The molecule has 98 heavy (non-hydrogen) atoms. The second kappa shape index (κ2) is 71.4. The Morgan fingerprint density at radius 3 is 0.847 bits per heavy atom. The third-order valence-corrected chi connectivity index (χ3v) is 17.9. The van der Waals surface area contributed by atoms with Crippen LogP contribution in [0.2, 0.25) is 0 Å². The van der Waals surface area contributed by atoms with Gasteiger partial charge in [-0.25, -0.2) is 9.13 Å². The first kappa shape index (κ1) is 94.0. The van der Waals surface area contributed by atoms with E-state index in [9.17, 15) is 43.2 Å². The van der Waals surface area contributed by atoms with E-state index < -0.39 is 97.5 Å². The molecular weight excluding hydrogens is 1280 g/mol. The average molecular weight is 1420 g/mol. The van der Waals surface area contributed by atoms with Crippen molar-refractivity contribution in [3.8, 4) is 0 Å². The zero-order chi connectivity index (χ0) is 71.8. The molecule has 566 valence electrons. The van der Waals surface area contributed by atoms with E-state index >= 15 is 0 Å². The molecule has 19 heteroatoms. The molecular formula is C79H138O17P2. The minimum Gasteiger partial charge on any atom is -0.462 e. The molecule has 17 nitrogen and oxygen atoms in total. The maximum atomic E-state index is 13.1. The largest absolute Gasteiger partial charge is 0.472 e. The van der Waals surface area contributed by atoms with Gasteiger partial charge in [0.05, 0.1) is 26.4 Å². The molecule has 0 saturated carbocycles. The molecule has 0 aromatic rings. The van der Waals surface area contributed by atoms with Crippen LogP contribution in [0.5, 0.6) is 0 Å². The number of carbonyl (C=O) groups is 4. The van der Waals surface area contributed by atoms with E-state index in [1.165, 1.54) is 51.4 Å². The molecule has 0 aliphatic heterocycles. The summed E-state index contributed by atoms with van der Waals surface area (Å²) in [6, 6.07) is 0. The molecule has 5 atom stereocenters. The van der Waals surface area contributed by atoms with Crippen molar-refractivity contribution < 1.29 is 80.2 Å². The lowest BCUT2D eigenvalue weighted by molar-refractivity contribution is -0.161. The smallest absolute Gasteiger partial charge is 0.462 e. The Hall–Kier alpha value is -4.02. The lowest BCUT2D eigenvalue weighted by Gasteiger charge is -2.21. The zero-order valence-corrected chi connectivity index (χ0v) is 63.5. The van der Waals surface area contributed by atoms with Crippen LogP contribution in [0.25, 0.3) is 0 Å². The maximum Gasteiger partial charge on any atom is 0.472 e. The zero-order valence-electron chi connectivity index (χ0n) is 61.7. The third-order valence-electron chi connectivity index (χ3n) is 16.0. The molecule has 0 aliphatic carbocycles. The first-order valence-corrected chi connectivity index (χ1v) is 41.5. The number of hydrogen-bond donors (Lipinski definition) is 3. The molecule has 0 heterocycles. The van der Waals surface area contributed by atoms with E-state index in [4.69, 9.17) is 37.0 Å². The number of hydrogen-bond acceptors (Lipinski definition) is 15. The normalized spacial score (nSPS) is 14.5. The van der Waals surface area contributed by atoms with Crippen molar-refractivity contribution in [3.63, 3.8) is 0 Å². The van der Waals surface area contributed by atoms with Gasteiger partial charge in [0.25, 0.3) is 0 Å². The Morgan fingerprint density at radius 2 is 0.531 bits per heavy atom. The van der Waals surface area contributed by atoms with Gasteiger partial charge in [0.2, 0.25) is 0 Å². The van der Waals surface area contributed by atoms with Crippen LogP contribution in [-0.2, 0) is 65.4 Å². The Balaban J connectivity index is 5.34. The lowest BCUT2D eigenvalue weighted by atomic mass is 10.1. The van der Waals surface area contributed by atoms with Crippen molar-refractivity contribution in [1.82, 2.24) is 0 Å². The fourth-order valence-corrected chi connectivity index (χ4v) is 11.6. The maximum absolute atomic E-state index is 13.1. The second-order valence-electron chi connectivity index (χ2n) is 25.6. The van der Waals surface area contributed by atoms with Crippen LogP contribution in [0.4, 0.5) is 0 Å². The fourth-order valence-electron chi connectivity index (χ4n) is 10.0. The van der Waals surface area contributed by atoms with E-state index in [2.05, 4.69) is 125 Å². The number of unbranched alkanes of at least 4 members (excludes halogenated alkanes) is 30. The number of phosphoric ester groups is 2. The van der Waals surface area contributed by atoms with Crippen LogP contribution >= 0.6 is 15.6 Å². The van der Waals surface area contributed by atoms with Gasteiger partial charge in [0.1, 0.15) is 19.3 Å². The van der Waals surface area contributed by atoms with Gasteiger partial charge in [-0.15, -0.1) is 0 Å². The molecule has 0 aromatic heterocycles. The van der Waals surface area contributed by atoms with Gasteiger partial charge < -0.3 is 33.8 Å². The van der Waals surface area contributed by atoms with Gasteiger partial charge >= 0.3 is 39.5 Å². The van der Waals surface area contributed by atoms with Crippen molar-refractivity contribution in [2.24, 2.45) is 0 Å². The SMILES string of the molecule is CCC/C=C\C/C=C\CCCCCCCC(=O)OCC(COP(=O)(O)OCC(O)COP(=O)(O)OCC(COC(=O)CCCCCCCC/C=C\C/C=C\C/C=C\CCCCC)OC(=O)CCCCCCC/C=C\C/C=C\CCCCC)OC(=O)CCCCCCC/C=C\CCCC. The summed E-state index contributed by atoms with van der Waals surface area (Å²) >= 11 is 0. The lowest BCUT2D eigenvalue weighted by Crippen LogP contribution is -2.30. The molecule has 0 aliphatic rings. The van der Waals surface area contributed by atoms with Gasteiger partial charge in [-0.3, -0.25) is 37.3 Å². The fraction of sp³-hybridized carbons (Fsp3) is 0.747. The first-order valence-electron chi connectivity index (χ1n) is 38.5. The minimum atomic E-state index is -4.98. The summed E-state index contributed by atoms with van der Waals surface area (Å²) in [6.07, 6.45) is 74.0. The number of allylic oxidation sites excluding steroid dienone is 16. The number of ether oxygens (including phenoxy) is 4. The number of rotatable bonds is 72. The van der Waals surface area contributed by atoms with E-state index in [0.29, 0.717) is 25.7 Å². The van der Waals surface area contributed by atoms with Gasteiger partial charge in [-0.05, 0) is 141 Å². The number of carbonyl (C=O) groups excluding carboxylic acids is 4. The standard InChI is InChI=1S/C79H138O17P2/c1-5-9-13-17-21-25-29-32-34-35-36-37-39-41-45-48-52-56-60-64-77(82)90-70-75(96-79(84)66-62-58-54-50-46-42-38-33-30-26-22-18-14-10-6-2)72-94-98(87,88)92-68-73(80)67-91-97(85,86)93-71-74(95-78(83)65-61-57-53-49-43-28-24-20-16-12-8-4)69-89-76(81)63-59-55-51-47-44-40-31-27-23-19-15-11-7-3/h15,19-22,24-27,31-34,36-38,73-75,80H,5-14,16-18,23,28-30,35,39-72H2,1-4H3,(H,85,86)(H,87,88)/b19-15-,24-20-,25-21-,26-22-,31-27-,34-32-,37-36-,38-33-. The number of esters is 4. The van der Waals surface area contributed by atoms with Crippen molar-refractivity contribution in [1.29, 1.82) is 0 Å². The molecule has 0 amide bonds. The summed E-state index contributed by atoms with van der Waals surface area (Å²) < 4.78 is 68.4. The van der Waals surface area contributed by atoms with Gasteiger partial charge in [-0.1, -0.05) is 253 Å². The van der Waals surface area contributed by atoms with Gasteiger partial charge in [0, 0.05) is 25.7 Å². The van der Waals surface area contributed by atoms with E-state index in [1.807, 2.05) is 0 Å². The first-order chi connectivity index (χ1) is 47.7. The minimum absolute atomic E-state index is 0.0757. The molecule has 5 unspecified atom stereocenters. The Kier molecular flexibility index (Phi) is 68.4. The van der Waals surface area contributed by atoms with Crippen LogP contribution in [0.3, 0.4) is 0 Å². The van der Waals surface area contributed by atoms with Crippen molar-refractivity contribution in [3.05, 3.63) is 97.2 Å². The molecule has 0 bridgehead atoms. The Labute approximate surface area is 595 Å². The van der Waals surface area contributed by atoms with Crippen LogP contribution < -0.4 is 0 Å². The highest BCUT2D eigenvalue weighted by Gasteiger charge is 2.30. The van der Waals surface area contributed by atoms with Crippen molar-refractivity contribution in [2.75, 3.05) is 39.6 Å². The summed E-state index contributed by atoms with van der Waals surface area (Å²) in [5.41, 5.74) is 0. The van der Waals surface area contributed by atoms with E-state index in [0.717, 1.165) is 193 Å². The van der Waals surface area contributed by atoms with Crippen molar-refractivity contribution >= 4 is 39.5 Å². The highest BCUT2D eigenvalue weighted by atomic mass is 31.2. The van der Waals surface area contributed by atoms with E-state index in [1.54, 1.807) is 0 Å². The molecule has 0 rings (SSSR count). The summed E-state index contributed by atoms with van der Waals surface area (Å²) in [5.74, 6) is -2.22. The van der Waals surface area contributed by atoms with Crippen LogP contribution in [0.1, 0.15) is 323 Å². The number of aliphatic hydroxyl groups excluding tert-OH is 1. The van der Waals surface area contributed by atoms with E-state index in [-0.39, 0.29) is 25.7 Å². The molecule has 0 aromatic carbocycles. The van der Waals surface area contributed by atoms with Crippen LogP contribution in [0, 0.1) is 0 Å². The van der Waals surface area contributed by atoms with Gasteiger partial charge in [0.15, 0.2) is 12.2 Å². The number of phosphoric acid groups is 2. The van der Waals surface area contributed by atoms with Crippen LogP contribution in [0.15, 0.2) is 97.2 Å². The highest BCUT2D eigenvalue weighted by molar-refractivity contribution is 7.47. The quantitative estimate of drug-likeness (QED) is 0.0169. The summed E-state index contributed by atoms with van der Waals surface area (Å²) in [5, 5.41) is 10.6.